The van der Waals surface area contributed by atoms with Gasteiger partial charge in [-0.25, -0.2) is 0 Å². The summed E-state index contributed by atoms with van der Waals surface area (Å²) in [6.45, 7) is 7.92. The van der Waals surface area contributed by atoms with Gasteiger partial charge in [0.15, 0.2) is 0 Å². The zero-order valence-electron chi connectivity index (χ0n) is 14.3. The fourth-order valence-corrected chi connectivity index (χ4v) is 2.20. The van der Waals surface area contributed by atoms with E-state index in [4.69, 9.17) is 4.74 Å². The van der Waals surface area contributed by atoms with Crippen LogP contribution in [0.1, 0.15) is 39.7 Å². The molecule has 2 rings (SSSR count). The van der Waals surface area contributed by atoms with Crippen LogP contribution in [0.15, 0.2) is 48.1 Å². The van der Waals surface area contributed by atoms with Crippen molar-refractivity contribution in [3.8, 4) is 17.2 Å². The van der Waals surface area contributed by atoms with Crippen LogP contribution in [-0.4, -0.2) is 16.3 Å². The molecule has 4 heteroatoms. The molecule has 2 N–H and O–H groups in total. The van der Waals surface area contributed by atoms with Crippen LogP contribution < -0.4 is 4.74 Å². The Labute approximate surface area is 164 Å². The van der Waals surface area contributed by atoms with Crippen LogP contribution in [0.2, 0.25) is 0 Å². The van der Waals surface area contributed by atoms with E-state index in [9.17, 15) is 10.2 Å². The third-order valence-corrected chi connectivity index (χ3v) is 3.12. The molecule has 1 radical (unpaired) electrons. The minimum atomic E-state index is -0.115. The molecule has 1 aliphatic rings. The van der Waals surface area contributed by atoms with Crippen LogP contribution in [0.3, 0.4) is 0 Å². The van der Waals surface area contributed by atoms with E-state index in [2.05, 4.69) is 0 Å². The Morgan fingerprint density at radius 2 is 1.91 bits per heavy atom. The Balaban J connectivity index is 0.00000155. The van der Waals surface area contributed by atoms with Gasteiger partial charge in [0.2, 0.25) is 0 Å². The molecule has 1 unspecified atom stereocenters. The smallest absolute Gasteiger partial charge is 0.101 e. The first-order valence-electron chi connectivity index (χ1n) is 7.67. The summed E-state index contributed by atoms with van der Waals surface area (Å²) in [5, 5.41) is 19.3. The second kappa shape index (κ2) is 11.4. The molecule has 0 spiro atoms. The van der Waals surface area contributed by atoms with Gasteiger partial charge < -0.3 is 14.9 Å². The number of hydrogen-bond donors (Lipinski definition) is 2. The predicted molar refractivity (Wildman–Crippen MR) is 91.3 cm³/mol. The number of allylic oxidation sites excluding steroid dienone is 4. The Morgan fingerprint density at radius 3 is 2.52 bits per heavy atom. The van der Waals surface area contributed by atoms with Crippen LogP contribution in [-0.2, 0) is 32.7 Å². The van der Waals surface area contributed by atoms with Crippen molar-refractivity contribution in [1.82, 2.24) is 0 Å². The Hall–Kier alpha value is -1.19. The summed E-state index contributed by atoms with van der Waals surface area (Å²) in [6.07, 6.45) is 12.4. The molecule has 123 valence electrons. The van der Waals surface area contributed by atoms with E-state index < -0.39 is 0 Å². The van der Waals surface area contributed by atoms with Crippen molar-refractivity contribution in [2.24, 2.45) is 0 Å². The maximum atomic E-state index is 9.80. The molecule has 1 aromatic carbocycles. The van der Waals surface area contributed by atoms with Gasteiger partial charge in [0.1, 0.15) is 6.10 Å². The van der Waals surface area contributed by atoms with Gasteiger partial charge in [-0.1, -0.05) is 44.2 Å². The van der Waals surface area contributed by atoms with E-state index in [0.717, 1.165) is 5.57 Å². The van der Waals surface area contributed by atoms with E-state index in [0.29, 0.717) is 17.7 Å². The number of hydrogen-bond acceptors (Lipinski definition) is 3. The first kappa shape index (κ1) is 21.8. The van der Waals surface area contributed by atoms with Crippen molar-refractivity contribution in [3.05, 3.63) is 60.1 Å². The Morgan fingerprint density at radius 1 is 1.22 bits per heavy atom. The average molecular weight is 390 g/mol. The fraction of sp³-hybridized carbons (Fsp3) is 0.316. The standard InChI is InChI=1S/C17H19O3.C2H6.Y/c1-3-5-7-12(6-4-2)16-9-8-14-15(19)10-13(18)11-17(14)20-16;1-2;/h3-8,10-11,16,18-19H,9H2,1-2H3;1-2H3;/q-1;;/b5-3-,6-4-,12-7+;;. The van der Waals surface area contributed by atoms with E-state index >= 15 is 0 Å². The second-order valence-corrected chi connectivity index (χ2v) is 4.62. The van der Waals surface area contributed by atoms with Crippen LogP contribution >= 0.6 is 0 Å². The minimum absolute atomic E-state index is 0. The normalized spacial score (nSPS) is 16.7. The van der Waals surface area contributed by atoms with Crippen LogP contribution in [0.4, 0.5) is 0 Å². The molecule has 0 amide bonds. The van der Waals surface area contributed by atoms with Gasteiger partial charge in [0.05, 0.1) is 5.75 Å². The van der Waals surface area contributed by atoms with Crippen LogP contribution in [0, 0.1) is 6.42 Å². The molecule has 0 saturated heterocycles. The van der Waals surface area contributed by atoms with Gasteiger partial charge >= 0.3 is 0 Å². The van der Waals surface area contributed by atoms with Crippen molar-refractivity contribution in [2.45, 2.75) is 40.2 Å². The summed E-state index contributed by atoms with van der Waals surface area (Å²) < 4.78 is 5.90. The van der Waals surface area contributed by atoms with Crippen LogP contribution in [0.5, 0.6) is 17.2 Å². The molecule has 0 bridgehead atoms. The minimum Gasteiger partial charge on any atom is -0.565 e. The van der Waals surface area contributed by atoms with Crippen molar-refractivity contribution in [1.29, 1.82) is 0 Å². The maximum Gasteiger partial charge on any atom is 0.101 e. The number of rotatable bonds is 3. The van der Waals surface area contributed by atoms with Gasteiger partial charge in [-0.3, -0.25) is 0 Å². The van der Waals surface area contributed by atoms with Crippen molar-refractivity contribution >= 4 is 0 Å². The third-order valence-electron chi connectivity index (χ3n) is 3.12. The molecule has 1 aromatic rings. The first-order valence-corrected chi connectivity index (χ1v) is 7.67. The molecule has 3 nitrogen and oxygen atoms in total. The molecule has 0 saturated carbocycles. The molecule has 0 fully saturated rings. The van der Waals surface area contributed by atoms with Gasteiger partial charge in [0.25, 0.3) is 0 Å². The largest absolute Gasteiger partial charge is 0.565 e. The molecule has 0 aliphatic carbocycles. The number of fused-ring (bicyclic) bond motifs is 1. The van der Waals surface area contributed by atoms with Gasteiger partial charge in [0, 0.05) is 44.2 Å². The summed E-state index contributed by atoms with van der Waals surface area (Å²) >= 11 is 0. The van der Waals surface area contributed by atoms with Crippen molar-refractivity contribution in [2.75, 3.05) is 0 Å². The molecule has 0 aromatic heterocycles. The number of aromatic hydroxyl groups is 2. The Bertz CT molecular complexity index is 574. The van der Waals surface area contributed by atoms with E-state index in [1.54, 1.807) is 0 Å². The molecule has 1 aliphatic heterocycles. The SMILES string of the molecule is CC.C\C=C/C=C(\C=C/C)C1C[CH-]c2c(O)cc(O)cc2O1.[Y]. The summed E-state index contributed by atoms with van der Waals surface area (Å²) in [5.74, 6) is 0.554. The topological polar surface area (TPSA) is 49.7 Å². The molecule has 1 heterocycles. The number of ether oxygens (including phenoxy) is 1. The zero-order chi connectivity index (χ0) is 16.5. The molecular weight excluding hydrogens is 365 g/mol. The van der Waals surface area contributed by atoms with Crippen molar-refractivity contribution < 1.29 is 47.7 Å². The summed E-state index contributed by atoms with van der Waals surface area (Å²) in [6, 6.07) is 2.85. The number of benzene rings is 1. The second-order valence-electron chi connectivity index (χ2n) is 4.62. The predicted octanol–water partition coefficient (Wildman–Crippen LogP) is 4.90. The van der Waals surface area contributed by atoms with Crippen molar-refractivity contribution in [3.63, 3.8) is 0 Å². The number of phenolic OH excluding ortho intramolecular Hbond substituents is 2. The summed E-state index contributed by atoms with van der Waals surface area (Å²) in [7, 11) is 0. The van der Waals surface area contributed by atoms with Crippen LogP contribution in [0.25, 0.3) is 0 Å². The molecular formula is C19H25O3Y-. The first-order chi connectivity index (χ1) is 10.7. The van der Waals surface area contributed by atoms with Gasteiger partial charge in [-0.2, -0.15) is 6.42 Å². The quantitative estimate of drug-likeness (QED) is 0.570. The number of phenols is 2. The molecule has 1 atom stereocenters. The van der Waals surface area contributed by atoms with E-state index in [1.807, 2.05) is 64.5 Å². The average Bonchev–Trinajstić information content (AvgIpc) is 2.52. The fourth-order valence-electron chi connectivity index (χ4n) is 2.20. The molecule has 23 heavy (non-hydrogen) atoms. The van der Waals surface area contributed by atoms with Gasteiger partial charge in [-0.15, -0.1) is 5.56 Å². The third kappa shape index (κ3) is 6.08. The monoisotopic (exact) mass is 390 g/mol. The van der Waals surface area contributed by atoms with E-state index in [1.165, 1.54) is 12.1 Å². The van der Waals surface area contributed by atoms with Gasteiger partial charge in [-0.05, 0) is 38.0 Å². The summed E-state index contributed by atoms with van der Waals surface area (Å²) in [5.41, 5.74) is 1.69. The maximum absolute atomic E-state index is 9.80. The zero-order valence-corrected chi connectivity index (χ0v) is 17.1. The summed E-state index contributed by atoms with van der Waals surface area (Å²) in [4.78, 5) is 0. The van der Waals surface area contributed by atoms with E-state index in [-0.39, 0.29) is 50.3 Å². The Kier molecular flexibility index (Phi) is 10.8.